The molecule has 0 aliphatic carbocycles. The molecule has 3 heterocycles. The zero-order valence-corrected chi connectivity index (χ0v) is 16.1. The molecule has 0 atom stereocenters. The van der Waals surface area contributed by atoms with Crippen molar-refractivity contribution in [3.63, 3.8) is 0 Å². The molecular formula is C20H25N3O4. The second-order valence-electron chi connectivity index (χ2n) is 7.42. The number of cyclic esters (lactones) is 1. The van der Waals surface area contributed by atoms with Gasteiger partial charge in [-0.2, -0.15) is 5.26 Å². The molecule has 0 N–H and O–H groups in total. The third kappa shape index (κ3) is 3.82. The van der Waals surface area contributed by atoms with Gasteiger partial charge < -0.3 is 14.0 Å². The molecule has 0 saturated carbocycles. The Morgan fingerprint density at radius 2 is 1.93 bits per heavy atom. The molecule has 2 aliphatic heterocycles. The summed E-state index contributed by atoms with van der Waals surface area (Å²) >= 11 is 0. The second kappa shape index (κ2) is 7.67. The maximum atomic E-state index is 12.8. The van der Waals surface area contributed by atoms with Gasteiger partial charge in [0.05, 0.1) is 18.8 Å². The van der Waals surface area contributed by atoms with Crippen molar-refractivity contribution in [1.82, 2.24) is 9.47 Å². The lowest BCUT2D eigenvalue weighted by molar-refractivity contribution is -0.142. The summed E-state index contributed by atoms with van der Waals surface area (Å²) in [6, 6.07) is 3.66. The summed E-state index contributed by atoms with van der Waals surface area (Å²) in [5, 5.41) is 9.56. The Morgan fingerprint density at radius 1 is 1.22 bits per heavy atom. The summed E-state index contributed by atoms with van der Waals surface area (Å²) in [7, 11) is 0. The van der Waals surface area contributed by atoms with Crippen LogP contribution in [0, 0.1) is 11.3 Å². The van der Waals surface area contributed by atoms with Crippen LogP contribution in [-0.2, 0) is 20.8 Å². The molecule has 2 aliphatic rings. The fraction of sp³-hybridized carbons (Fsp3) is 0.550. The third-order valence-corrected chi connectivity index (χ3v) is 5.35. The first-order valence-corrected chi connectivity index (χ1v) is 9.24. The molecule has 0 radical (unpaired) electrons. The Kier molecular flexibility index (Phi) is 5.49. The molecule has 0 amide bonds. The minimum absolute atomic E-state index is 0.00660. The zero-order valence-electron chi connectivity index (χ0n) is 16.1. The van der Waals surface area contributed by atoms with Gasteiger partial charge in [-0.3, -0.25) is 9.69 Å². The standard InChI is InChI=1S/C20H25N3O4/c1-14-17(19(25)27-20(14,2)3)15-5-8-23(18(24)16(15)13-21)7-4-6-22-9-11-26-12-10-22/h5,8H,4,6-7,9-12H2,1-3H3. The van der Waals surface area contributed by atoms with E-state index in [9.17, 15) is 14.9 Å². The number of morpholine rings is 1. The fourth-order valence-corrected chi connectivity index (χ4v) is 3.48. The van der Waals surface area contributed by atoms with Crippen LogP contribution in [0.1, 0.15) is 38.3 Å². The molecule has 0 spiro atoms. The van der Waals surface area contributed by atoms with Gasteiger partial charge in [0.1, 0.15) is 17.2 Å². The quantitative estimate of drug-likeness (QED) is 0.730. The van der Waals surface area contributed by atoms with Gasteiger partial charge in [0.15, 0.2) is 0 Å². The van der Waals surface area contributed by atoms with Gasteiger partial charge in [-0.15, -0.1) is 0 Å². The summed E-state index contributed by atoms with van der Waals surface area (Å²) in [6.45, 7) is 10.1. The third-order valence-electron chi connectivity index (χ3n) is 5.35. The highest BCUT2D eigenvalue weighted by atomic mass is 16.6. The summed E-state index contributed by atoms with van der Waals surface area (Å²) in [4.78, 5) is 27.4. The summed E-state index contributed by atoms with van der Waals surface area (Å²) in [6.07, 6.45) is 2.47. The van der Waals surface area contributed by atoms with Crippen LogP contribution in [-0.4, -0.2) is 53.9 Å². The molecule has 7 heteroatoms. The largest absolute Gasteiger partial charge is 0.451 e. The van der Waals surface area contributed by atoms with E-state index < -0.39 is 11.6 Å². The smallest absolute Gasteiger partial charge is 0.339 e. The van der Waals surface area contributed by atoms with Crippen LogP contribution in [0.4, 0.5) is 0 Å². The van der Waals surface area contributed by atoms with Crippen LogP contribution < -0.4 is 5.56 Å². The minimum Gasteiger partial charge on any atom is -0.451 e. The molecule has 1 aromatic rings. The van der Waals surface area contributed by atoms with Gasteiger partial charge in [0.2, 0.25) is 0 Å². The van der Waals surface area contributed by atoms with Crippen molar-refractivity contribution in [2.24, 2.45) is 0 Å². The highest BCUT2D eigenvalue weighted by molar-refractivity contribution is 6.20. The molecule has 144 valence electrons. The predicted molar refractivity (Wildman–Crippen MR) is 100 cm³/mol. The number of carbonyl (C=O) groups excluding carboxylic acids is 1. The second-order valence-corrected chi connectivity index (χ2v) is 7.42. The zero-order chi connectivity index (χ0) is 19.6. The van der Waals surface area contributed by atoms with Crippen molar-refractivity contribution in [2.75, 3.05) is 32.8 Å². The highest BCUT2D eigenvalue weighted by Gasteiger charge is 2.39. The van der Waals surface area contributed by atoms with Crippen LogP contribution >= 0.6 is 0 Å². The predicted octanol–water partition coefficient (Wildman–Crippen LogP) is 1.55. The van der Waals surface area contributed by atoms with E-state index >= 15 is 0 Å². The number of esters is 1. The van der Waals surface area contributed by atoms with Crippen LogP contribution in [0.25, 0.3) is 5.57 Å². The number of carbonyl (C=O) groups is 1. The van der Waals surface area contributed by atoms with Crippen molar-refractivity contribution in [3.05, 3.63) is 39.3 Å². The number of aromatic nitrogens is 1. The van der Waals surface area contributed by atoms with E-state index in [-0.39, 0.29) is 11.1 Å². The number of hydrogen-bond acceptors (Lipinski definition) is 6. The normalized spacial score (nSPS) is 19.9. The average Bonchev–Trinajstić information content (AvgIpc) is 2.84. The number of ether oxygens (including phenoxy) is 2. The van der Waals surface area contributed by atoms with Gasteiger partial charge in [-0.25, -0.2) is 4.79 Å². The van der Waals surface area contributed by atoms with Crippen molar-refractivity contribution < 1.29 is 14.3 Å². The molecule has 3 rings (SSSR count). The van der Waals surface area contributed by atoms with Crippen LogP contribution in [0.15, 0.2) is 22.6 Å². The van der Waals surface area contributed by atoms with Gasteiger partial charge in [0, 0.05) is 37.9 Å². The first-order valence-electron chi connectivity index (χ1n) is 9.24. The molecule has 27 heavy (non-hydrogen) atoms. The van der Waals surface area contributed by atoms with E-state index in [1.54, 1.807) is 37.6 Å². The SMILES string of the molecule is CC1=C(c2ccn(CCCN3CCOCC3)c(=O)c2C#N)C(=O)OC1(C)C. The fourth-order valence-electron chi connectivity index (χ4n) is 3.48. The van der Waals surface area contributed by atoms with Gasteiger partial charge >= 0.3 is 5.97 Å². The van der Waals surface area contributed by atoms with Crippen molar-refractivity contribution in [1.29, 1.82) is 5.26 Å². The molecule has 7 nitrogen and oxygen atoms in total. The first kappa shape index (κ1) is 19.3. The van der Waals surface area contributed by atoms with E-state index in [0.717, 1.165) is 44.8 Å². The number of nitriles is 1. The topological polar surface area (TPSA) is 84.6 Å². The van der Waals surface area contributed by atoms with Crippen molar-refractivity contribution in [2.45, 2.75) is 39.3 Å². The molecular weight excluding hydrogens is 346 g/mol. The Labute approximate surface area is 158 Å². The van der Waals surface area contributed by atoms with E-state index in [1.165, 1.54) is 0 Å². The summed E-state index contributed by atoms with van der Waals surface area (Å²) < 4.78 is 12.3. The lowest BCUT2D eigenvalue weighted by atomic mass is 9.92. The lowest BCUT2D eigenvalue weighted by Crippen LogP contribution is -2.37. The van der Waals surface area contributed by atoms with E-state index in [1.807, 2.05) is 6.07 Å². The first-order chi connectivity index (χ1) is 12.8. The van der Waals surface area contributed by atoms with Crippen LogP contribution in [0.3, 0.4) is 0 Å². The lowest BCUT2D eigenvalue weighted by Gasteiger charge is -2.26. The Hall–Kier alpha value is -2.43. The molecule has 1 saturated heterocycles. The average molecular weight is 371 g/mol. The number of hydrogen-bond donors (Lipinski definition) is 0. The highest BCUT2D eigenvalue weighted by Crippen LogP contribution is 2.37. The van der Waals surface area contributed by atoms with E-state index in [4.69, 9.17) is 9.47 Å². The maximum Gasteiger partial charge on any atom is 0.339 e. The number of rotatable bonds is 5. The number of pyridine rings is 1. The Bertz CT molecular complexity index is 870. The molecule has 1 aromatic heterocycles. The van der Waals surface area contributed by atoms with Gasteiger partial charge in [-0.05, 0) is 38.8 Å². The minimum atomic E-state index is -0.730. The van der Waals surface area contributed by atoms with Crippen LogP contribution in [0.5, 0.6) is 0 Å². The van der Waals surface area contributed by atoms with Crippen molar-refractivity contribution in [3.8, 4) is 6.07 Å². The number of nitrogens with zero attached hydrogens (tertiary/aromatic N) is 3. The Morgan fingerprint density at radius 3 is 2.52 bits per heavy atom. The van der Waals surface area contributed by atoms with Crippen LogP contribution in [0.2, 0.25) is 0 Å². The van der Waals surface area contributed by atoms with Gasteiger partial charge in [-0.1, -0.05) is 0 Å². The molecule has 1 fully saturated rings. The van der Waals surface area contributed by atoms with Crippen molar-refractivity contribution >= 4 is 11.5 Å². The molecule has 0 bridgehead atoms. The summed E-state index contributed by atoms with van der Waals surface area (Å²) in [5.74, 6) is -0.488. The maximum absolute atomic E-state index is 12.8. The molecule has 0 unspecified atom stereocenters. The molecule has 0 aromatic carbocycles. The van der Waals surface area contributed by atoms with E-state index in [0.29, 0.717) is 17.7 Å². The monoisotopic (exact) mass is 371 g/mol. The van der Waals surface area contributed by atoms with E-state index in [2.05, 4.69) is 4.90 Å². The summed E-state index contributed by atoms with van der Waals surface area (Å²) in [5.41, 5.74) is 0.317. The van der Waals surface area contributed by atoms with Gasteiger partial charge in [0.25, 0.3) is 5.56 Å². The Balaban J connectivity index is 1.82. The number of aryl methyl sites for hydroxylation is 1.